The first-order chi connectivity index (χ1) is 14.5. The van der Waals surface area contributed by atoms with Crippen molar-refractivity contribution in [3.05, 3.63) is 41.2 Å². The summed E-state index contributed by atoms with van der Waals surface area (Å²) >= 11 is 6.34. The van der Waals surface area contributed by atoms with Crippen molar-refractivity contribution in [2.45, 2.75) is 19.5 Å². The first-order valence-electron chi connectivity index (χ1n) is 9.04. The summed E-state index contributed by atoms with van der Waals surface area (Å²) in [7, 11) is 0. The van der Waals surface area contributed by atoms with Crippen LogP contribution in [-0.2, 0) is 4.79 Å². The van der Waals surface area contributed by atoms with Gasteiger partial charge in [0.2, 0.25) is 5.91 Å². The number of amides is 1. The number of benzene rings is 1. The third-order valence-corrected chi connectivity index (χ3v) is 5.29. The third-order valence-electron chi connectivity index (χ3n) is 4.94. The maximum atomic E-state index is 14.9. The van der Waals surface area contributed by atoms with Crippen molar-refractivity contribution in [2.75, 3.05) is 5.32 Å². The third kappa shape index (κ3) is 2.88. The van der Waals surface area contributed by atoms with E-state index in [1.54, 1.807) is 23.7 Å². The number of halogens is 3. The Morgan fingerprint density at radius 3 is 2.93 bits per heavy atom. The van der Waals surface area contributed by atoms with Crippen LogP contribution in [0.5, 0.6) is 0 Å². The molecule has 2 N–H and O–H groups in total. The molecule has 0 radical (unpaired) electrons. The second-order valence-electron chi connectivity index (χ2n) is 6.92. The SMILES string of the molecule is CC#Cc1c(F)c(Cl)c(-c2cn3cc(NC(=O)[C@@H]4C[C@@H]4F)nc3cn2)c2cn[nH]c12. The topological polar surface area (TPSA) is 88.0 Å². The fourth-order valence-corrected chi connectivity index (χ4v) is 3.64. The first-order valence-corrected chi connectivity index (χ1v) is 9.42. The van der Waals surface area contributed by atoms with Crippen molar-refractivity contribution < 1.29 is 13.6 Å². The Labute approximate surface area is 173 Å². The number of rotatable bonds is 3. The molecular weight excluding hydrogens is 414 g/mol. The molecule has 1 amide bonds. The fraction of sp³-hybridized carbons (Fsp3) is 0.200. The number of imidazole rings is 1. The summed E-state index contributed by atoms with van der Waals surface area (Å²) in [6, 6.07) is 0. The number of aromatic nitrogens is 5. The smallest absolute Gasteiger partial charge is 0.231 e. The molecule has 10 heteroatoms. The van der Waals surface area contributed by atoms with Gasteiger partial charge < -0.3 is 9.72 Å². The van der Waals surface area contributed by atoms with Gasteiger partial charge in [0, 0.05) is 17.1 Å². The molecule has 30 heavy (non-hydrogen) atoms. The van der Waals surface area contributed by atoms with Gasteiger partial charge in [-0.1, -0.05) is 17.5 Å². The standard InChI is InChI=1S/C20H13ClF2N6O/c1-2-3-9-18(23)17(21)16(11-5-25-28-19(9)11)13-7-29-8-14(26-15(29)6-24-13)27-20(30)10-4-12(10)22/h5-8,10,12H,4H2,1H3,(H,25,28)(H,27,30)/t10-,12+/m1/s1. The lowest BCUT2D eigenvalue weighted by Crippen LogP contribution is -2.15. The minimum Gasteiger partial charge on any atom is -0.309 e. The van der Waals surface area contributed by atoms with E-state index in [0.717, 1.165) is 0 Å². The first kappa shape index (κ1) is 18.5. The van der Waals surface area contributed by atoms with Gasteiger partial charge in [-0.2, -0.15) is 5.10 Å². The average molecular weight is 427 g/mol. The zero-order valence-corrected chi connectivity index (χ0v) is 16.3. The number of anilines is 1. The van der Waals surface area contributed by atoms with E-state index in [1.165, 1.54) is 12.4 Å². The highest BCUT2D eigenvalue weighted by Crippen LogP contribution is 2.38. The predicted octanol–water partition coefficient (Wildman–Crippen LogP) is 3.73. The maximum absolute atomic E-state index is 14.9. The number of aromatic amines is 1. The van der Waals surface area contributed by atoms with E-state index >= 15 is 0 Å². The number of H-pyrrole nitrogens is 1. The molecule has 1 aliphatic carbocycles. The van der Waals surface area contributed by atoms with Crippen molar-refractivity contribution in [1.82, 2.24) is 24.6 Å². The minimum absolute atomic E-state index is 0.120. The van der Waals surface area contributed by atoms with E-state index in [0.29, 0.717) is 27.8 Å². The number of fused-ring (bicyclic) bond motifs is 2. The normalized spacial score (nSPS) is 17.7. The number of carbonyl (C=O) groups is 1. The van der Waals surface area contributed by atoms with E-state index < -0.39 is 23.8 Å². The van der Waals surface area contributed by atoms with Crippen LogP contribution in [-0.4, -0.2) is 36.6 Å². The number of hydrogen-bond donors (Lipinski definition) is 2. The van der Waals surface area contributed by atoms with Crippen LogP contribution in [0, 0.1) is 23.6 Å². The van der Waals surface area contributed by atoms with Gasteiger partial charge in [-0.15, -0.1) is 5.92 Å². The van der Waals surface area contributed by atoms with Crippen LogP contribution >= 0.6 is 11.6 Å². The highest BCUT2D eigenvalue weighted by Gasteiger charge is 2.43. The number of carbonyl (C=O) groups excluding carboxylic acids is 1. The average Bonchev–Trinajstić information content (AvgIpc) is 3.11. The minimum atomic E-state index is -1.09. The lowest BCUT2D eigenvalue weighted by molar-refractivity contribution is -0.117. The lowest BCUT2D eigenvalue weighted by Gasteiger charge is -2.09. The van der Waals surface area contributed by atoms with Crippen LogP contribution in [0.25, 0.3) is 27.8 Å². The van der Waals surface area contributed by atoms with Gasteiger partial charge in [-0.25, -0.2) is 13.8 Å². The molecule has 5 rings (SSSR count). The molecule has 1 aliphatic rings. The summed E-state index contributed by atoms with van der Waals surface area (Å²) in [6.07, 6.45) is 5.33. The molecule has 0 bridgehead atoms. The van der Waals surface area contributed by atoms with E-state index in [9.17, 15) is 13.6 Å². The summed E-state index contributed by atoms with van der Waals surface area (Å²) in [5.74, 6) is 3.96. The highest BCUT2D eigenvalue weighted by atomic mass is 35.5. The van der Waals surface area contributed by atoms with Crippen molar-refractivity contribution in [2.24, 2.45) is 5.92 Å². The van der Waals surface area contributed by atoms with Crippen LogP contribution in [0.15, 0.2) is 24.8 Å². The molecule has 1 aromatic carbocycles. The van der Waals surface area contributed by atoms with Gasteiger partial charge in [-0.05, 0) is 13.3 Å². The van der Waals surface area contributed by atoms with E-state index in [4.69, 9.17) is 11.6 Å². The summed E-state index contributed by atoms with van der Waals surface area (Å²) in [4.78, 5) is 20.5. The molecule has 4 aromatic rings. The summed E-state index contributed by atoms with van der Waals surface area (Å²) in [6.45, 7) is 1.60. The monoisotopic (exact) mass is 426 g/mol. The molecule has 3 aromatic heterocycles. The molecule has 1 saturated carbocycles. The Morgan fingerprint density at radius 2 is 2.20 bits per heavy atom. The zero-order chi connectivity index (χ0) is 21.0. The number of nitrogens with one attached hydrogen (secondary N) is 2. The van der Waals surface area contributed by atoms with Gasteiger partial charge in [-0.3, -0.25) is 14.9 Å². The Morgan fingerprint density at radius 1 is 1.40 bits per heavy atom. The number of hydrogen-bond acceptors (Lipinski definition) is 4. The van der Waals surface area contributed by atoms with E-state index in [-0.39, 0.29) is 22.8 Å². The van der Waals surface area contributed by atoms with Gasteiger partial charge in [0.25, 0.3) is 0 Å². The molecule has 150 valence electrons. The summed E-state index contributed by atoms with van der Waals surface area (Å²) in [5, 5.41) is 9.80. The molecule has 3 heterocycles. The van der Waals surface area contributed by atoms with Crippen molar-refractivity contribution in [3.8, 4) is 23.1 Å². The largest absolute Gasteiger partial charge is 0.309 e. The quantitative estimate of drug-likeness (QED) is 0.488. The molecule has 2 atom stereocenters. The molecular formula is C20H13ClF2N6O. The van der Waals surface area contributed by atoms with Crippen molar-refractivity contribution in [1.29, 1.82) is 0 Å². The van der Waals surface area contributed by atoms with E-state index in [1.807, 2.05) is 0 Å². The molecule has 7 nitrogen and oxygen atoms in total. The Kier molecular flexibility index (Phi) is 4.18. The molecule has 0 aliphatic heterocycles. The Bertz CT molecular complexity index is 1400. The van der Waals surface area contributed by atoms with Crippen LogP contribution in [0.2, 0.25) is 5.02 Å². The summed E-state index contributed by atoms with van der Waals surface area (Å²) in [5.41, 5.74) is 1.76. The highest BCUT2D eigenvalue weighted by molar-refractivity contribution is 6.35. The molecule has 0 spiro atoms. The van der Waals surface area contributed by atoms with Gasteiger partial charge in [0.15, 0.2) is 17.3 Å². The van der Waals surface area contributed by atoms with Gasteiger partial charge >= 0.3 is 0 Å². The van der Waals surface area contributed by atoms with Crippen LogP contribution in [0.1, 0.15) is 18.9 Å². The Balaban J connectivity index is 1.60. The van der Waals surface area contributed by atoms with Crippen LogP contribution in [0.4, 0.5) is 14.6 Å². The number of alkyl halides is 1. The van der Waals surface area contributed by atoms with Crippen molar-refractivity contribution >= 4 is 39.9 Å². The lowest BCUT2D eigenvalue weighted by atomic mass is 10.0. The number of nitrogens with zero attached hydrogens (tertiary/aromatic N) is 4. The zero-order valence-electron chi connectivity index (χ0n) is 15.5. The van der Waals surface area contributed by atoms with Crippen molar-refractivity contribution in [3.63, 3.8) is 0 Å². The maximum Gasteiger partial charge on any atom is 0.231 e. The summed E-state index contributed by atoms with van der Waals surface area (Å²) < 4.78 is 29.6. The van der Waals surface area contributed by atoms with E-state index in [2.05, 4.69) is 37.3 Å². The second-order valence-corrected chi connectivity index (χ2v) is 7.30. The van der Waals surface area contributed by atoms with Crippen LogP contribution in [0.3, 0.4) is 0 Å². The molecule has 0 saturated heterocycles. The Hall–Kier alpha value is -3.51. The van der Waals surface area contributed by atoms with Gasteiger partial charge in [0.1, 0.15) is 6.17 Å². The second kappa shape index (κ2) is 6.78. The van der Waals surface area contributed by atoms with Crippen LogP contribution < -0.4 is 5.32 Å². The fourth-order valence-electron chi connectivity index (χ4n) is 3.35. The van der Waals surface area contributed by atoms with Gasteiger partial charge in [0.05, 0.1) is 46.3 Å². The predicted molar refractivity (Wildman–Crippen MR) is 107 cm³/mol. The molecule has 0 unspecified atom stereocenters. The molecule has 1 fully saturated rings.